The van der Waals surface area contributed by atoms with Gasteiger partial charge in [0.1, 0.15) is 6.61 Å². The van der Waals surface area contributed by atoms with Crippen LogP contribution in [0.25, 0.3) is 0 Å². The minimum atomic E-state index is -0.885. The van der Waals surface area contributed by atoms with Crippen molar-refractivity contribution in [3.8, 4) is 0 Å². The van der Waals surface area contributed by atoms with Crippen molar-refractivity contribution < 1.29 is 38.2 Å². The standard InChI is InChI=1S/C48H83NO7/c1-6-8-10-12-14-16-18-20-22-23-25-27-29-31-33-35-37-39-47(51)56-44(42-54-41-40-45(48(52)53)49(3,4)5)43-55-46(50)38-36-34-32-30-28-26-24-21-19-17-15-13-11-9-7-2/h8,10,14,16,20,22,25,27,31,33,44-45H,6-7,9,11-13,15,17-19,21,23-24,26,28-30,32,34-43H2,1-5H3/p+1/b10-8-,16-14-,22-20-,27-25-,33-31-. The fourth-order valence-electron chi connectivity index (χ4n) is 6.24. The second-order valence-electron chi connectivity index (χ2n) is 15.9. The molecule has 0 aliphatic carbocycles. The number of ether oxygens (including phenoxy) is 3. The van der Waals surface area contributed by atoms with Crippen LogP contribution in [-0.4, -0.2) is 80.6 Å². The van der Waals surface area contributed by atoms with Gasteiger partial charge in [0.25, 0.3) is 0 Å². The summed E-state index contributed by atoms with van der Waals surface area (Å²) >= 11 is 0. The summed E-state index contributed by atoms with van der Waals surface area (Å²) in [6.07, 6.45) is 47.0. The number of carbonyl (C=O) groups excluding carboxylic acids is 2. The summed E-state index contributed by atoms with van der Waals surface area (Å²) in [7, 11) is 5.50. The van der Waals surface area contributed by atoms with Crippen LogP contribution in [0, 0.1) is 0 Å². The molecule has 0 aromatic rings. The van der Waals surface area contributed by atoms with Crippen LogP contribution in [0.3, 0.4) is 0 Å². The highest BCUT2D eigenvalue weighted by Gasteiger charge is 2.31. The third kappa shape index (κ3) is 36.7. The molecule has 0 saturated carbocycles. The Balaban J connectivity index is 4.44. The fraction of sp³-hybridized carbons (Fsp3) is 0.729. The molecule has 56 heavy (non-hydrogen) atoms. The lowest BCUT2D eigenvalue weighted by atomic mass is 10.0. The average Bonchev–Trinajstić information content (AvgIpc) is 3.15. The van der Waals surface area contributed by atoms with Gasteiger partial charge in [0, 0.05) is 19.3 Å². The van der Waals surface area contributed by atoms with E-state index in [0.29, 0.717) is 19.3 Å². The van der Waals surface area contributed by atoms with Crippen LogP contribution >= 0.6 is 0 Å². The second-order valence-corrected chi connectivity index (χ2v) is 15.9. The van der Waals surface area contributed by atoms with Crippen molar-refractivity contribution in [2.75, 3.05) is 41.0 Å². The molecular weight excluding hydrogens is 703 g/mol. The quantitative estimate of drug-likeness (QED) is 0.0287. The number of quaternary nitrogens is 1. The summed E-state index contributed by atoms with van der Waals surface area (Å²) in [4.78, 5) is 37.0. The number of hydrogen-bond donors (Lipinski definition) is 1. The summed E-state index contributed by atoms with van der Waals surface area (Å²) in [5.74, 6) is -1.54. The van der Waals surface area contributed by atoms with Gasteiger partial charge >= 0.3 is 17.9 Å². The maximum Gasteiger partial charge on any atom is 0.362 e. The zero-order valence-electron chi connectivity index (χ0n) is 36.6. The van der Waals surface area contributed by atoms with Crippen molar-refractivity contribution in [1.29, 1.82) is 0 Å². The van der Waals surface area contributed by atoms with Crippen LogP contribution in [-0.2, 0) is 28.6 Å². The lowest BCUT2D eigenvalue weighted by molar-refractivity contribution is -0.887. The van der Waals surface area contributed by atoms with Crippen molar-refractivity contribution in [3.05, 3.63) is 60.8 Å². The Morgan fingerprint density at radius 3 is 1.46 bits per heavy atom. The van der Waals surface area contributed by atoms with Crippen molar-refractivity contribution in [3.63, 3.8) is 0 Å². The van der Waals surface area contributed by atoms with E-state index in [1.165, 1.54) is 77.0 Å². The van der Waals surface area contributed by atoms with E-state index >= 15 is 0 Å². The Kier molecular flexibility index (Phi) is 36.8. The van der Waals surface area contributed by atoms with Crippen molar-refractivity contribution in [1.82, 2.24) is 0 Å². The van der Waals surface area contributed by atoms with Gasteiger partial charge in [-0.05, 0) is 51.4 Å². The van der Waals surface area contributed by atoms with Gasteiger partial charge in [0.15, 0.2) is 12.1 Å². The predicted molar refractivity (Wildman–Crippen MR) is 234 cm³/mol. The van der Waals surface area contributed by atoms with Gasteiger partial charge in [0.2, 0.25) is 0 Å². The van der Waals surface area contributed by atoms with Crippen molar-refractivity contribution in [2.45, 2.75) is 187 Å². The van der Waals surface area contributed by atoms with E-state index in [4.69, 9.17) is 14.2 Å². The molecule has 0 saturated heterocycles. The molecule has 0 aromatic heterocycles. The predicted octanol–water partition coefficient (Wildman–Crippen LogP) is 12.2. The Morgan fingerprint density at radius 1 is 0.554 bits per heavy atom. The lowest BCUT2D eigenvalue weighted by Gasteiger charge is -2.31. The van der Waals surface area contributed by atoms with Crippen molar-refractivity contribution >= 4 is 17.9 Å². The minimum absolute atomic E-state index is 0.0379. The summed E-state index contributed by atoms with van der Waals surface area (Å²) in [6, 6.07) is -0.625. The van der Waals surface area contributed by atoms with Gasteiger partial charge in [-0.15, -0.1) is 0 Å². The first-order valence-electron chi connectivity index (χ1n) is 22.3. The topological polar surface area (TPSA) is 99.1 Å². The molecular formula is C48H84NO7+. The molecule has 8 heteroatoms. The van der Waals surface area contributed by atoms with Gasteiger partial charge in [-0.25, -0.2) is 4.79 Å². The largest absolute Gasteiger partial charge is 0.477 e. The molecule has 0 aliphatic rings. The lowest BCUT2D eigenvalue weighted by Crippen LogP contribution is -2.50. The second kappa shape index (κ2) is 38.9. The summed E-state index contributed by atoms with van der Waals surface area (Å²) < 4.78 is 17.2. The SMILES string of the molecule is CC/C=C\C/C=C\C/C=C\C/C=C\C/C=C\CCCC(=O)OC(COCCC(C(=O)O)[N+](C)(C)C)COC(=O)CCCCCCCCCCCCCCCCC. The first-order chi connectivity index (χ1) is 27.1. The highest BCUT2D eigenvalue weighted by Crippen LogP contribution is 2.15. The smallest absolute Gasteiger partial charge is 0.362 e. The molecule has 1 N–H and O–H groups in total. The number of hydrogen-bond acceptors (Lipinski definition) is 6. The van der Waals surface area contributed by atoms with Crippen LogP contribution < -0.4 is 0 Å². The number of carboxylic acid groups (broad SMARTS) is 1. The Bertz CT molecular complexity index is 1100. The van der Waals surface area contributed by atoms with Gasteiger partial charge in [-0.3, -0.25) is 9.59 Å². The van der Waals surface area contributed by atoms with E-state index in [2.05, 4.69) is 74.6 Å². The zero-order valence-corrected chi connectivity index (χ0v) is 36.6. The molecule has 0 aliphatic heterocycles. The van der Waals surface area contributed by atoms with E-state index in [9.17, 15) is 19.5 Å². The first-order valence-corrected chi connectivity index (χ1v) is 22.3. The molecule has 0 bridgehead atoms. The van der Waals surface area contributed by atoms with E-state index in [1.54, 1.807) is 0 Å². The van der Waals surface area contributed by atoms with Gasteiger partial charge < -0.3 is 23.8 Å². The monoisotopic (exact) mass is 787 g/mol. The molecule has 2 unspecified atom stereocenters. The highest BCUT2D eigenvalue weighted by atomic mass is 16.6. The van der Waals surface area contributed by atoms with Gasteiger partial charge in [-0.2, -0.15) is 0 Å². The molecule has 0 fully saturated rings. The first kappa shape index (κ1) is 53.0. The normalized spacial score (nSPS) is 13.5. The van der Waals surface area contributed by atoms with E-state index in [-0.39, 0.29) is 42.7 Å². The van der Waals surface area contributed by atoms with E-state index in [0.717, 1.165) is 57.8 Å². The number of esters is 2. The number of likely N-dealkylation sites (N-methyl/N-ethyl adjacent to an activating group) is 1. The van der Waals surface area contributed by atoms with Crippen LogP contribution in [0.5, 0.6) is 0 Å². The highest BCUT2D eigenvalue weighted by molar-refractivity contribution is 5.72. The van der Waals surface area contributed by atoms with Crippen LogP contribution in [0.15, 0.2) is 60.8 Å². The molecule has 0 rings (SSSR count). The summed E-state index contributed by atoms with van der Waals surface area (Å²) in [5.41, 5.74) is 0. The number of allylic oxidation sites excluding steroid dienone is 10. The van der Waals surface area contributed by atoms with E-state index < -0.39 is 18.1 Å². The third-order valence-electron chi connectivity index (χ3n) is 9.68. The average molecular weight is 787 g/mol. The Hall–Kier alpha value is -2.97. The maximum atomic E-state index is 12.7. The molecule has 322 valence electrons. The number of aliphatic carboxylic acids is 1. The van der Waals surface area contributed by atoms with Crippen LogP contribution in [0.4, 0.5) is 0 Å². The minimum Gasteiger partial charge on any atom is -0.477 e. The van der Waals surface area contributed by atoms with Crippen LogP contribution in [0.1, 0.15) is 174 Å². The third-order valence-corrected chi connectivity index (χ3v) is 9.68. The Morgan fingerprint density at radius 2 is 1.00 bits per heavy atom. The number of carbonyl (C=O) groups is 3. The van der Waals surface area contributed by atoms with Crippen LogP contribution in [0.2, 0.25) is 0 Å². The fourth-order valence-corrected chi connectivity index (χ4v) is 6.24. The molecule has 2 atom stereocenters. The van der Waals surface area contributed by atoms with Gasteiger partial charge in [0.05, 0.1) is 34.4 Å². The summed E-state index contributed by atoms with van der Waals surface area (Å²) in [5, 5.41) is 9.62. The van der Waals surface area contributed by atoms with E-state index in [1.807, 2.05) is 21.1 Å². The number of carboxylic acids is 1. The number of unbranched alkanes of at least 4 members (excludes halogenated alkanes) is 15. The maximum absolute atomic E-state index is 12.7. The molecule has 0 spiro atoms. The molecule has 0 radical (unpaired) electrons. The van der Waals surface area contributed by atoms with Crippen molar-refractivity contribution in [2.24, 2.45) is 0 Å². The number of nitrogens with zero attached hydrogens (tertiary/aromatic N) is 1. The molecule has 0 aromatic carbocycles. The summed E-state index contributed by atoms with van der Waals surface area (Å²) in [6.45, 7) is 4.56. The van der Waals surface area contributed by atoms with Gasteiger partial charge in [-0.1, -0.05) is 164 Å². The number of rotatable bonds is 39. The molecule has 0 heterocycles. The zero-order chi connectivity index (χ0) is 41.4. The molecule has 0 amide bonds. The Labute approximate surface area is 343 Å². The molecule has 8 nitrogen and oxygen atoms in total.